The van der Waals surface area contributed by atoms with Crippen molar-refractivity contribution in [2.24, 2.45) is 18.7 Å². The van der Waals surface area contributed by atoms with Gasteiger partial charge in [-0.1, -0.05) is 0 Å². The Morgan fingerprint density at radius 3 is 2.48 bits per heavy atom. The van der Waals surface area contributed by atoms with E-state index < -0.39 is 10.0 Å². The molecule has 9 nitrogen and oxygen atoms in total. The van der Waals surface area contributed by atoms with Gasteiger partial charge in [0.15, 0.2) is 0 Å². The van der Waals surface area contributed by atoms with E-state index in [-0.39, 0.29) is 22.6 Å². The van der Waals surface area contributed by atoms with Gasteiger partial charge >= 0.3 is 0 Å². The number of rotatable bonds is 6. The lowest BCUT2D eigenvalue weighted by Gasteiger charge is -2.30. The highest BCUT2D eigenvalue weighted by Crippen LogP contribution is 2.22. The summed E-state index contributed by atoms with van der Waals surface area (Å²) in [5.74, 6) is 0.301. The van der Waals surface area contributed by atoms with E-state index >= 15 is 0 Å². The van der Waals surface area contributed by atoms with E-state index in [2.05, 4.69) is 4.98 Å². The lowest BCUT2D eigenvalue weighted by atomic mass is 9.96. The van der Waals surface area contributed by atoms with E-state index in [0.29, 0.717) is 44.3 Å². The number of amides is 2. The molecule has 3 rings (SSSR count). The first-order valence-corrected chi connectivity index (χ1v) is 11.0. The number of sulfonamides is 1. The number of nitrogens with two attached hydrogens (primary N) is 1. The van der Waals surface area contributed by atoms with Crippen LogP contribution in [0.1, 0.15) is 25.1 Å². The predicted molar refractivity (Wildman–Crippen MR) is 108 cm³/mol. The smallest absolute Gasteiger partial charge is 0.242 e. The van der Waals surface area contributed by atoms with Crippen LogP contribution in [0.2, 0.25) is 0 Å². The summed E-state index contributed by atoms with van der Waals surface area (Å²) in [5.41, 5.74) is 6.73. The highest BCUT2D eigenvalue weighted by atomic mass is 32.2. The molecule has 0 saturated carbocycles. The second-order valence-electron chi connectivity index (χ2n) is 7.58. The molecule has 1 saturated heterocycles. The third-order valence-corrected chi connectivity index (χ3v) is 7.35. The minimum atomic E-state index is -3.53. The summed E-state index contributed by atoms with van der Waals surface area (Å²) in [6.07, 6.45) is 1.98. The van der Waals surface area contributed by atoms with Crippen molar-refractivity contribution >= 4 is 32.9 Å². The Bertz CT molecular complexity index is 1040. The average Bonchev–Trinajstić information content (AvgIpc) is 3.01. The third kappa shape index (κ3) is 4.27. The van der Waals surface area contributed by atoms with Gasteiger partial charge in [-0.15, -0.1) is 0 Å². The molecule has 158 valence electrons. The van der Waals surface area contributed by atoms with Crippen LogP contribution in [0.4, 0.5) is 0 Å². The van der Waals surface area contributed by atoms with E-state index in [1.807, 2.05) is 11.6 Å². The molecule has 1 fully saturated rings. The van der Waals surface area contributed by atoms with Gasteiger partial charge in [-0.25, -0.2) is 17.7 Å². The Balaban J connectivity index is 1.70. The molecule has 1 aliphatic heterocycles. The fourth-order valence-electron chi connectivity index (χ4n) is 3.61. The summed E-state index contributed by atoms with van der Waals surface area (Å²) in [5, 5.41) is 0. The van der Waals surface area contributed by atoms with Crippen LogP contribution in [-0.4, -0.2) is 66.2 Å². The molecule has 2 N–H and O–H groups in total. The van der Waals surface area contributed by atoms with Crippen molar-refractivity contribution in [2.45, 2.75) is 30.6 Å². The van der Waals surface area contributed by atoms with Crippen molar-refractivity contribution in [3.63, 3.8) is 0 Å². The van der Waals surface area contributed by atoms with Gasteiger partial charge in [0.05, 0.1) is 15.9 Å². The van der Waals surface area contributed by atoms with E-state index in [0.717, 1.165) is 15.6 Å². The fraction of sp³-hybridized carbons (Fsp3) is 0.526. The van der Waals surface area contributed by atoms with E-state index in [4.69, 9.17) is 5.73 Å². The second-order valence-corrected chi connectivity index (χ2v) is 9.73. The van der Waals surface area contributed by atoms with E-state index in [1.54, 1.807) is 23.1 Å². The summed E-state index contributed by atoms with van der Waals surface area (Å²) >= 11 is 0. The van der Waals surface area contributed by atoms with Crippen molar-refractivity contribution in [3.8, 4) is 0 Å². The molecule has 1 aliphatic rings. The average molecular weight is 422 g/mol. The molecule has 0 atom stereocenters. The molecular formula is C19H27N5O4S. The molecule has 1 aromatic carbocycles. The highest BCUT2D eigenvalue weighted by Gasteiger charge is 2.26. The molecule has 0 radical (unpaired) electrons. The number of hydrogen-bond acceptors (Lipinski definition) is 5. The first-order chi connectivity index (χ1) is 13.6. The van der Waals surface area contributed by atoms with Crippen LogP contribution in [0.15, 0.2) is 23.1 Å². The molecule has 0 unspecified atom stereocenters. The number of piperidine rings is 1. The molecule has 10 heteroatoms. The van der Waals surface area contributed by atoms with E-state index in [1.165, 1.54) is 14.1 Å². The molecule has 29 heavy (non-hydrogen) atoms. The monoisotopic (exact) mass is 421 g/mol. The van der Waals surface area contributed by atoms with Crippen molar-refractivity contribution < 1.29 is 18.0 Å². The van der Waals surface area contributed by atoms with Crippen LogP contribution in [0.3, 0.4) is 0 Å². The zero-order valence-corrected chi connectivity index (χ0v) is 17.8. The van der Waals surface area contributed by atoms with Crippen LogP contribution < -0.4 is 5.73 Å². The normalized spacial score (nSPS) is 15.9. The van der Waals surface area contributed by atoms with E-state index in [9.17, 15) is 18.0 Å². The number of aryl methyl sites for hydroxylation is 2. The molecule has 2 amide bonds. The Morgan fingerprint density at radius 1 is 1.24 bits per heavy atom. The molecule has 0 bridgehead atoms. The number of primary amides is 1. The third-order valence-electron chi connectivity index (χ3n) is 5.54. The van der Waals surface area contributed by atoms with Crippen LogP contribution in [0.25, 0.3) is 11.0 Å². The number of hydrogen-bond donors (Lipinski definition) is 1. The number of benzene rings is 1. The van der Waals surface area contributed by atoms with Gasteiger partial charge < -0.3 is 15.2 Å². The molecular weight excluding hydrogens is 394 g/mol. The number of aromatic nitrogens is 2. The standard InChI is InChI=1S/C19H27N5O4S/c1-22(2)29(27,28)14-4-5-16-15(12-14)21-17(23(16)3)6-7-18(25)24-10-8-13(9-11-24)19(20)26/h4-5,12-13H,6-11H2,1-3H3,(H2,20,26). The first-order valence-electron chi connectivity index (χ1n) is 9.56. The molecule has 2 aromatic rings. The minimum absolute atomic E-state index is 0.0239. The number of carbonyl (C=O) groups excluding carboxylic acids is 2. The van der Waals surface area contributed by atoms with Crippen molar-refractivity contribution in [1.29, 1.82) is 0 Å². The highest BCUT2D eigenvalue weighted by molar-refractivity contribution is 7.89. The van der Waals surface area contributed by atoms with Gasteiger partial charge in [0, 0.05) is 53.0 Å². The van der Waals surface area contributed by atoms with Gasteiger partial charge in [-0.05, 0) is 31.0 Å². The molecule has 1 aromatic heterocycles. The summed E-state index contributed by atoms with van der Waals surface area (Å²) < 4.78 is 27.7. The van der Waals surface area contributed by atoms with Gasteiger partial charge in [-0.3, -0.25) is 9.59 Å². The second kappa shape index (κ2) is 8.11. The molecule has 0 spiro atoms. The van der Waals surface area contributed by atoms with Gasteiger partial charge in [-0.2, -0.15) is 0 Å². The van der Waals surface area contributed by atoms with Crippen LogP contribution in [0, 0.1) is 5.92 Å². The van der Waals surface area contributed by atoms with Crippen LogP contribution in [0.5, 0.6) is 0 Å². The largest absolute Gasteiger partial charge is 0.369 e. The Morgan fingerprint density at radius 2 is 1.90 bits per heavy atom. The summed E-state index contributed by atoms with van der Waals surface area (Å²) in [4.78, 5) is 30.3. The minimum Gasteiger partial charge on any atom is -0.369 e. The molecule has 0 aliphatic carbocycles. The lowest BCUT2D eigenvalue weighted by molar-refractivity contribution is -0.134. The van der Waals surface area contributed by atoms with Crippen LogP contribution >= 0.6 is 0 Å². The zero-order valence-electron chi connectivity index (χ0n) is 17.0. The van der Waals surface area contributed by atoms with Crippen molar-refractivity contribution in [1.82, 2.24) is 18.8 Å². The lowest BCUT2D eigenvalue weighted by Crippen LogP contribution is -2.41. The Hall–Kier alpha value is -2.46. The van der Waals surface area contributed by atoms with Gasteiger partial charge in [0.2, 0.25) is 21.8 Å². The maximum Gasteiger partial charge on any atom is 0.242 e. The summed E-state index contributed by atoms with van der Waals surface area (Å²) in [6, 6.07) is 4.86. The summed E-state index contributed by atoms with van der Waals surface area (Å²) in [7, 11) is 1.30. The number of nitrogens with zero attached hydrogens (tertiary/aromatic N) is 4. The summed E-state index contributed by atoms with van der Waals surface area (Å²) in [6.45, 7) is 1.08. The fourth-order valence-corrected chi connectivity index (χ4v) is 4.54. The maximum atomic E-state index is 12.5. The van der Waals surface area contributed by atoms with Crippen molar-refractivity contribution in [3.05, 3.63) is 24.0 Å². The predicted octanol–water partition coefficient (Wildman–Crippen LogP) is 0.480. The van der Waals surface area contributed by atoms with Crippen LogP contribution in [-0.2, 0) is 33.1 Å². The molecule has 2 heterocycles. The number of imidazole rings is 1. The Labute approximate surface area is 170 Å². The first kappa shape index (κ1) is 21.3. The topological polar surface area (TPSA) is 119 Å². The number of carbonyl (C=O) groups is 2. The van der Waals surface area contributed by atoms with Crippen molar-refractivity contribution in [2.75, 3.05) is 27.2 Å². The van der Waals surface area contributed by atoms with Gasteiger partial charge in [0.1, 0.15) is 5.82 Å². The maximum absolute atomic E-state index is 12.5. The van der Waals surface area contributed by atoms with Gasteiger partial charge in [0.25, 0.3) is 0 Å². The Kier molecular flexibility index (Phi) is 5.95. The quantitative estimate of drug-likeness (QED) is 0.728. The SMILES string of the molecule is CN(C)S(=O)(=O)c1ccc2c(c1)nc(CCC(=O)N1CCC(C(N)=O)CC1)n2C. The number of fused-ring (bicyclic) bond motifs is 1. The number of likely N-dealkylation sites (tertiary alicyclic amines) is 1. The zero-order chi connectivity index (χ0) is 21.3.